The zero-order valence-electron chi connectivity index (χ0n) is 17.2. The SMILES string of the molecule is CCCCCCCC[S+]([O-])C(C)Cc1ccc2c(c1)OCO2.O=P(O)(O)S(=O)(=O)O. The van der Waals surface area contributed by atoms with Crippen molar-refractivity contribution in [3.63, 3.8) is 0 Å². The monoisotopic (exact) mass is 486 g/mol. The smallest absolute Gasteiger partial charge is 0.466 e. The fraction of sp³-hybridized carbons (Fsp3) is 0.667. The molecule has 0 bridgehead atoms. The lowest BCUT2D eigenvalue weighted by molar-refractivity contribution is 0.174. The molecule has 0 amide bonds. The van der Waals surface area contributed by atoms with E-state index in [0.29, 0.717) is 6.79 Å². The Balaban J connectivity index is 0.000000479. The summed E-state index contributed by atoms with van der Waals surface area (Å²) in [6.45, 7) is -0.708. The topological polar surface area (TPSA) is 153 Å². The summed E-state index contributed by atoms with van der Waals surface area (Å²) in [5, 5.41) is 0.191. The molecule has 30 heavy (non-hydrogen) atoms. The van der Waals surface area contributed by atoms with Gasteiger partial charge in [-0.05, 0) is 37.5 Å². The molecule has 2 atom stereocenters. The highest BCUT2D eigenvalue weighted by Crippen LogP contribution is 2.41. The Bertz CT molecular complexity index is 795. The lowest BCUT2D eigenvalue weighted by atomic mass is 10.1. The van der Waals surface area contributed by atoms with Crippen LogP contribution in [0.5, 0.6) is 11.5 Å². The first kappa shape index (κ1) is 27.2. The summed E-state index contributed by atoms with van der Waals surface area (Å²) in [5.41, 5.74) is 1.17. The molecule has 12 heteroatoms. The lowest BCUT2D eigenvalue weighted by Gasteiger charge is -2.18. The third kappa shape index (κ3) is 10.00. The minimum Gasteiger partial charge on any atom is -0.616 e. The van der Waals surface area contributed by atoms with Gasteiger partial charge >= 0.3 is 16.5 Å². The van der Waals surface area contributed by atoms with E-state index in [1.807, 2.05) is 18.2 Å². The van der Waals surface area contributed by atoms with Crippen molar-refractivity contribution in [3.8, 4) is 11.5 Å². The van der Waals surface area contributed by atoms with Crippen LogP contribution in [0.1, 0.15) is 57.9 Å². The number of rotatable bonds is 11. The maximum atomic E-state index is 12.3. The summed E-state index contributed by atoms with van der Waals surface area (Å²) in [6.07, 6.45) is 8.32. The number of fused-ring (bicyclic) bond motifs is 1. The molecule has 1 aromatic carbocycles. The van der Waals surface area contributed by atoms with Crippen molar-refractivity contribution in [1.29, 1.82) is 0 Å². The van der Waals surface area contributed by atoms with Crippen molar-refractivity contribution in [2.45, 2.75) is 64.0 Å². The lowest BCUT2D eigenvalue weighted by Crippen LogP contribution is -2.23. The van der Waals surface area contributed by atoms with E-state index in [1.165, 1.54) is 37.7 Å². The first-order chi connectivity index (χ1) is 14.0. The summed E-state index contributed by atoms with van der Waals surface area (Å²) in [4.78, 5) is 15.3. The van der Waals surface area contributed by atoms with Gasteiger partial charge in [-0.1, -0.05) is 49.8 Å². The molecular formula is C18H31O9PS2. The van der Waals surface area contributed by atoms with Gasteiger partial charge in [0.1, 0.15) is 11.0 Å². The Kier molecular flexibility index (Phi) is 11.7. The summed E-state index contributed by atoms with van der Waals surface area (Å²) in [5.74, 6) is 2.45. The van der Waals surface area contributed by atoms with E-state index in [4.69, 9.17) is 23.8 Å². The predicted molar refractivity (Wildman–Crippen MR) is 116 cm³/mol. The van der Waals surface area contributed by atoms with Gasteiger partial charge in [-0.15, -0.1) is 0 Å². The van der Waals surface area contributed by atoms with E-state index in [9.17, 15) is 17.5 Å². The Morgan fingerprint density at radius 2 is 1.70 bits per heavy atom. The van der Waals surface area contributed by atoms with E-state index in [2.05, 4.69) is 13.8 Å². The van der Waals surface area contributed by atoms with Crippen molar-refractivity contribution in [2.24, 2.45) is 0 Å². The summed E-state index contributed by atoms with van der Waals surface area (Å²) in [7, 11) is -5.17. The number of hydrogen-bond acceptors (Lipinski definition) is 6. The Morgan fingerprint density at radius 3 is 2.30 bits per heavy atom. The number of unbranched alkanes of at least 4 members (excludes halogenated alkanes) is 5. The standard InChI is InChI=1S/C18H28O3S.H3O6PS/c1-3-4-5-6-7-8-11-22(19)15(2)12-16-9-10-17-18(13-16)21-14-20-17;1-7(2,3)8(4,5)6/h9-10,13,15H,3-8,11-12,14H2,1-2H3;(H2,1,2,3)(H,4,5,6). The molecule has 3 N–H and O–H groups in total. The highest BCUT2D eigenvalue weighted by Gasteiger charge is 2.31. The van der Waals surface area contributed by atoms with Crippen LogP contribution in [0.3, 0.4) is 0 Å². The third-order valence-electron chi connectivity index (χ3n) is 4.41. The third-order valence-corrected chi connectivity index (χ3v) is 8.57. The van der Waals surface area contributed by atoms with Crippen LogP contribution in [0.15, 0.2) is 18.2 Å². The van der Waals surface area contributed by atoms with Crippen LogP contribution in [0.2, 0.25) is 0 Å². The van der Waals surface area contributed by atoms with Gasteiger partial charge in [0.25, 0.3) is 0 Å². The maximum Gasteiger partial charge on any atom is 0.466 e. The first-order valence-corrected chi connectivity index (χ1v) is 14.8. The Morgan fingerprint density at radius 1 is 1.13 bits per heavy atom. The van der Waals surface area contributed by atoms with Crippen LogP contribution in [-0.2, 0) is 31.9 Å². The molecule has 1 aromatic rings. The van der Waals surface area contributed by atoms with E-state index in [0.717, 1.165) is 30.1 Å². The van der Waals surface area contributed by atoms with Gasteiger partial charge in [-0.2, -0.15) is 8.42 Å². The average Bonchev–Trinajstić information content (AvgIpc) is 3.11. The van der Waals surface area contributed by atoms with Gasteiger partial charge in [-0.3, -0.25) is 4.55 Å². The van der Waals surface area contributed by atoms with E-state index < -0.39 is 27.7 Å². The molecule has 0 saturated heterocycles. The molecule has 174 valence electrons. The molecule has 0 spiro atoms. The van der Waals surface area contributed by atoms with Gasteiger partial charge in [0.2, 0.25) is 6.79 Å². The zero-order valence-corrected chi connectivity index (χ0v) is 19.8. The van der Waals surface area contributed by atoms with Gasteiger partial charge in [0.05, 0.1) is 0 Å². The molecule has 2 unspecified atom stereocenters. The van der Waals surface area contributed by atoms with E-state index in [1.54, 1.807) is 0 Å². The second kappa shape index (κ2) is 12.9. The largest absolute Gasteiger partial charge is 0.616 e. The predicted octanol–water partition coefficient (Wildman–Crippen LogP) is 3.42. The van der Waals surface area contributed by atoms with Crippen molar-refractivity contribution >= 4 is 27.7 Å². The molecule has 0 radical (unpaired) electrons. The molecule has 2 rings (SSSR count). The molecule has 1 heterocycles. The molecule has 9 nitrogen and oxygen atoms in total. The minimum absolute atomic E-state index is 0.191. The van der Waals surface area contributed by atoms with Gasteiger partial charge in [0, 0.05) is 6.42 Å². The molecule has 0 aromatic heterocycles. The summed E-state index contributed by atoms with van der Waals surface area (Å²) < 4.78 is 59.0. The summed E-state index contributed by atoms with van der Waals surface area (Å²) >= 11 is -0.743. The van der Waals surface area contributed by atoms with Gasteiger partial charge in [0.15, 0.2) is 11.5 Å². The quantitative estimate of drug-likeness (QED) is 0.185. The molecule has 1 aliphatic heterocycles. The number of hydrogen-bond donors (Lipinski definition) is 3. The highest BCUT2D eigenvalue weighted by atomic mass is 32.8. The van der Waals surface area contributed by atoms with Crippen LogP contribution in [0, 0.1) is 0 Å². The second-order valence-electron chi connectivity index (χ2n) is 6.99. The van der Waals surface area contributed by atoms with Crippen molar-refractivity contribution in [3.05, 3.63) is 23.8 Å². The normalized spacial score (nSPS) is 15.3. The Labute approximate surface area is 181 Å². The molecule has 0 aliphatic carbocycles. The van der Waals surface area contributed by atoms with Crippen LogP contribution in [0.4, 0.5) is 0 Å². The number of ether oxygens (including phenoxy) is 2. The van der Waals surface area contributed by atoms with Gasteiger partial charge in [-0.25, -0.2) is 4.57 Å². The fourth-order valence-electron chi connectivity index (χ4n) is 2.72. The summed E-state index contributed by atoms with van der Waals surface area (Å²) in [6, 6.07) is 6.01. The van der Waals surface area contributed by atoms with Crippen LogP contribution in [0.25, 0.3) is 0 Å². The molecule has 0 fully saturated rings. The van der Waals surface area contributed by atoms with Crippen molar-refractivity contribution < 1.29 is 41.3 Å². The Hall–Kier alpha value is -0.810. The first-order valence-electron chi connectivity index (χ1n) is 9.74. The van der Waals surface area contributed by atoms with Gasteiger partial charge < -0.3 is 23.8 Å². The van der Waals surface area contributed by atoms with Crippen LogP contribution < -0.4 is 9.47 Å². The molecule has 1 aliphatic rings. The van der Waals surface area contributed by atoms with Crippen molar-refractivity contribution in [2.75, 3.05) is 12.5 Å². The molecule has 0 saturated carbocycles. The minimum atomic E-state index is -5.32. The van der Waals surface area contributed by atoms with Crippen LogP contribution >= 0.6 is 6.80 Å². The number of benzene rings is 1. The fourth-order valence-corrected chi connectivity index (χ4v) is 3.99. The van der Waals surface area contributed by atoms with E-state index >= 15 is 0 Å². The molecular weight excluding hydrogens is 455 g/mol. The average molecular weight is 487 g/mol. The van der Waals surface area contributed by atoms with Crippen molar-refractivity contribution in [1.82, 2.24) is 0 Å². The maximum absolute atomic E-state index is 12.3. The second-order valence-corrected chi connectivity index (χ2v) is 13.7. The zero-order chi connectivity index (χ0) is 22.8. The van der Waals surface area contributed by atoms with E-state index in [-0.39, 0.29) is 5.25 Å². The van der Waals surface area contributed by atoms with Crippen LogP contribution in [-0.4, -0.2) is 45.1 Å². The highest BCUT2D eigenvalue weighted by molar-refractivity contribution is 8.46.